The summed E-state index contributed by atoms with van der Waals surface area (Å²) in [6.07, 6.45) is 3.64. The lowest BCUT2D eigenvalue weighted by molar-refractivity contribution is 0.212. The predicted molar refractivity (Wildman–Crippen MR) is 125 cm³/mol. The van der Waals surface area contributed by atoms with E-state index in [-0.39, 0.29) is 0 Å². The van der Waals surface area contributed by atoms with Crippen molar-refractivity contribution >= 4 is 28.4 Å². The van der Waals surface area contributed by atoms with E-state index >= 15 is 0 Å². The van der Waals surface area contributed by atoms with Crippen LogP contribution in [0.3, 0.4) is 0 Å². The van der Waals surface area contributed by atoms with Crippen LogP contribution in [0, 0.1) is 6.92 Å². The van der Waals surface area contributed by atoms with Crippen LogP contribution in [0.4, 0.5) is 16.2 Å². The minimum atomic E-state index is -0.556. The number of carbonyl (C=O) groups excluding carboxylic acids is 1. The molecule has 0 radical (unpaired) electrons. The zero-order chi connectivity index (χ0) is 22.1. The molecule has 1 N–H and O–H groups in total. The van der Waals surface area contributed by atoms with Gasteiger partial charge >= 0.3 is 6.09 Å². The van der Waals surface area contributed by atoms with Crippen molar-refractivity contribution in [1.29, 1.82) is 0 Å². The lowest BCUT2D eigenvalue weighted by Crippen LogP contribution is -2.20. The topological polar surface area (TPSA) is 72.3 Å². The number of pyridine rings is 1. The van der Waals surface area contributed by atoms with Gasteiger partial charge in [0.15, 0.2) is 0 Å². The fraction of sp³-hybridized carbons (Fsp3) is 0.240. The SMILES string of the molecule is Cc1cc(N2CCC(c3ccccc3)C2)c2cc(NC(=O)Oc3cncn3C)ccc2n1. The Bertz CT molecular complexity index is 1270. The van der Waals surface area contributed by atoms with Crippen LogP contribution in [0.1, 0.15) is 23.6 Å². The molecule has 0 spiro atoms. The standard InChI is InChI=1S/C25H25N5O2/c1-17-12-23(30-11-10-19(15-30)18-6-4-3-5-7-18)21-13-20(8-9-22(21)27-17)28-25(31)32-24-14-26-16-29(24)2/h3-9,12-14,16,19H,10-11,15H2,1-2H3,(H,28,31). The van der Waals surface area contributed by atoms with Crippen LogP contribution in [0.2, 0.25) is 0 Å². The second-order valence-electron chi connectivity index (χ2n) is 8.21. The largest absolute Gasteiger partial charge is 0.418 e. The molecule has 0 bridgehead atoms. The van der Waals surface area contributed by atoms with Gasteiger partial charge in [-0.1, -0.05) is 30.3 Å². The first-order valence-electron chi connectivity index (χ1n) is 10.7. The quantitative estimate of drug-likeness (QED) is 0.502. The number of fused-ring (bicyclic) bond motifs is 1. The highest BCUT2D eigenvalue weighted by atomic mass is 16.6. The summed E-state index contributed by atoms with van der Waals surface area (Å²) in [7, 11) is 1.77. The van der Waals surface area contributed by atoms with Gasteiger partial charge < -0.3 is 14.2 Å². The van der Waals surface area contributed by atoms with Gasteiger partial charge in [0, 0.05) is 48.5 Å². The molecule has 2 aromatic heterocycles. The van der Waals surface area contributed by atoms with Crippen molar-refractivity contribution in [3.8, 4) is 5.88 Å². The van der Waals surface area contributed by atoms with Crippen LogP contribution in [-0.4, -0.2) is 33.7 Å². The summed E-state index contributed by atoms with van der Waals surface area (Å²) >= 11 is 0. The molecule has 32 heavy (non-hydrogen) atoms. The number of aromatic nitrogens is 3. The molecule has 4 aromatic rings. The predicted octanol–water partition coefficient (Wildman–Crippen LogP) is 4.88. The number of aryl methyl sites for hydroxylation is 2. The highest BCUT2D eigenvalue weighted by Crippen LogP contribution is 2.35. The molecular formula is C25H25N5O2. The number of imidazole rings is 1. The third kappa shape index (κ3) is 4.01. The van der Waals surface area contributed by atoms with Crippen LogP contribution in [-0.2, 0) is 7.05 Å². The maximum absolute atomic E-state index is 12.4. The minimum absolute atomic E-state index is 0.380. The number of hydrogen-bond acceptors (Lipinski definition) is 5. The van der Waals surface area contributed by atoms with Gasteiger partial charge in [0.2, 0.25) is 5.88 Å². The van der Waals surface area contributed by atoms with Gasteiger partial charge in [-0.15, -0.1) is 0 Å². The number of ether oxygens (including phenoxy) is 1. The average Bonchev–Trinajstić information content (AvgIpc) is 3.44. The molecule has 1 atom stereocenters. The monoisotopic (exact) mass is 427 g/mol. The summed E-state index contributed by atoms with van der Waals surface area (Å²) in [5.41, 5.74) is 5.08. The molecule has 1 fully saturated rings. The smallest absolute Gasteiger partial charge is 0.391 e. The Hall–Kier alpha value is -3.87. The number of amides is 1. The highest BCUT2D eigenvalue weighted by molar-refractivity contribution is 5.97. The summed E-state index contributed by atoms with van der Waals surface area (Å²) in [6, 6.07) is 18.6. The van der Waals surface area contributed by atoms with E-state index in [2.05, 4.69) is 51.6 Å². The van der Waals surface area contributed by atoms with Crippen LogP contribution >= 0.6 is 0 Å². The van der Waals surface area contributed by atoms with E-state index < -0.39 is 6.09 Å². The number of carbonyl (C=O) groups is 1. The Morgan fingerprint density at radius 2 is 2.00 bits per heavy atom. The fourth-order valence-electron chi connectivity index (χ4n) is 4.33. The zero-order valence-corrected chi connectivity index (χ0v) is 18.2. The first-order chi connectivity index (χ1) is 15.6. The number of nitrogens with zero attached hydrogens (tertiary/aromatic N) is 4. The minimum Gasteiger partial charge on any atom is -0.391 e. The van der Waals surface area contributed by atoms with Crippen molar-refractivity contribution in [3.63, 3.8) is 0 Å². The second kappa shape index (κ2) is 8.34. The Kier molecular flexibility index (Phi) is 5.23. The van der Waals surface area contributed by atoms with Gasteiger partial charge in [0.25, 0.3) is 0 Å². The van der Waals surface area contributed by atoms with Gasteiger partial charge in [-0.2, -0.15) is 0 Å². The first kappa shape index (κ1) is 20.1. The van der Waals surface area contributed by atoms with Crippen molar-refractivity contribution in [2.75, 3.05) is 23.3 Å². The highest BCUT2D eigenvalue weighted by Gasteiger charge is 2.25. The van der Waals surface area contributed by atoms with E-state index in [0.717, 1.165) is 41.8 Å². The molecule has 0 aliphatic carbocycles. The van der Waals surface area contributed by atoms with Gasteiger partial charge in [-0.3, -0.25) is 10.3 Å². The summed E-state index contributed by atoms with van der Waals surface area (Å²) < 4.78 is 6.98. The molecule has 162 valence electrons. The van der Waals surface area contributed by atoms with Crippen LogP contribution in [0.5, 0.6) is 5.88 Å². The maximum Gasteiger partial charge on any atom is 0.418 e. The number of nitrogens with one attached hydrogen (secondary N) is 1. The molecule has 5 rings (SSSR count). The molecule has 7 heteroatoms. The molecule has 0 saturated carbocycles. The average molecular weight is 428 g/mol. The summed E-state index contributed by atoms with van der Waals surface area (Å²) in [5, 5.41) is 3.83. The third-order valence-corrected chi connectivity index (χ3v) is 5.93. The molecule has 1 aliphatic rings. The molecule has 1 amide bonds. The Morgan fingerprint density at radius 3 is 2.78 bits per heavy atom. The fourth-order valence-corrected chi connectivity index (χ4v) is 4.33. The van der Waals surface area contributed by atoms with E-state index in [1.54, 1.807) is 17.9 Å². The molecule has 1 aliphatic heterocycles. The van der Waals surface area contributed by atoms with E-state index in [4.69, 9.17) is 9.72 Å². The van der Waals surface area contributed by atoms with Crippen LogP contribution in [0.25, 0.3) is 10.9 Å². The van der Waals surface area contributed by atoms with Gasteiger partial charge in [-0.05, 0) is 43.2 Å². The van der Waals surface area contributed by atoms with E-state index in [0.29, 0.717) is 17.5 Å². The summed E-state index contributed by atoms with van der Waals surface area (Å²) in [6.45, 7) is 3.96. The first-order valence-corrected chi connectivity index (χ1v) is 10.7. The number of anilines is 2. The second-order valence-corrected chi connectivity index (χ2v) is 8.21. The Balaban J connectivity index is 1.40. The van der Waals surface area contributed by atoms with Crippen molar-refractivity contribution < 1.29 is 9.53 Å². The molecule has 7 nitrogen and oxygen atoms in total. The van der Waals surface area contributed by atoms with E-state index in [1.165, 1.54) is 11.8 Å². The van der Waals surface area contributed by atoms with Crippen LogP contribution in [0.15, 0.2) is 67.1 Å². The summed E-state index contributed by atoms with van der Waals surface area (Å²) in [5.74, 6) is 0.889. The number of hydrogen-bond donors (Lipinski definition) is 1. The van der Waals surface area contributed by atoms with Gasteiger partial charge in [-0.25, -0.2) is 9.78 Å². The van der Waals surface area contributed by atoms with Crippen molar-refractivity contribution in [2.24, 2.45) is 7.05 Å². The van der Waals surface area contributed by atoms with Crippen molar-refractivity contribution in [2.45, 2.75) is 19.3 Å². The lowest BCUT2D eigenvalue weighted by Gasteiger charge is -2.22. The Labute approximate surface area is 186 Å². The Morgan fingerprint density at radius 1 is 1.16 bits per heavy atom. The zero-order valence-electron chi connectivity index (χ0n) is 18.2. The third-order valence-electron chi connectivity index (χ3n) is 5.93. The molecule has 2 aromatic carbocycles. The van der Waals surface area contributed by atoms with Gasteiger partial charge in [0.1, 0.15) is 0 Å². The van der Waals surface area contributed by atoms with Crippen molar-refractivity contribution in [3.05, 3.63) is 78.4 Å². The van der Waals surface area contributed by atoms with E-state index in [9.17, 15) is 4.79 Å². The van der Waals surface area contributed by atoms with Crippen LogP contribution < -0.4 is 15.0 Å². The number of benzene rings is 2. The lowest BCUT2D eigenvalue weighted by atomic mass is 9.99. The molecule has 1 unspecified atom stereocenters. The molecule has 1 saturated heterocycles. The number of rotatable bonds is 4. The van der Waals surface area contributed by atoms with Crippen molar-refractivity contribution in [1.82, 2.24) is 14.5 Å². The summed E-state index contributed by atoms with van der Waals surface area (Å²) in [4.78, 5) is 23.4. The maximum atomic E-state index is 12.4. The molecular weight excluding hydrogens is 402 g/mol. The van der Waals surface area contributed by atoms with E-state index in [1.807, 2.05) is 25.1 Å². The normalized spacial score (nSPS) is 15.8. The van der Waals surface area contributed by atoms with Gasteiger partial charge in [0.05, 0.1) is 18.0 Å². The molecule has 3 heterocycles.